The summed E-state index contributed by atoms with van der Waals surface area (Å²) < 4.78 is 5.32. The van der Waals surface area contributed by atoms with Crippen molar-refractivity contribution < 1.29 is 9.53 Å². The van der Waals surface area contributed by atoms with E-state index >= 15 is 0 Å². The van der Waals surface area contributed by atoms with Gasteiger partial charge in [-0.2, -0.15) is 0 Å². The van der Waals surface area contributed by atoms with Crippen molar-refractivity contribution in [1.29, 1.82) is 0 Å². The predicted molar refractivity (Wildman–Crippen MR) is 116 cm³/mol. The Morgan fingerprint density at radius 1 is 1.07 bits per heavy atom. The van der Waals surface area contributed by atoms with E-state index in [0.717, 1.165) is 48.5 Å². The number of rotatable bonds is 7. The Bertz CT molecular complexity index is 778. The highest BCUT2D eigenvalue weighted by atomic mass is 16.5. The summed E-state index contributed by atoms with van der Waals surface area (Å²) in [5.74, 6) is 1.08. The first-order valence-electron chi connectivity index (χ1n) is 10.4. The van der Waals surface area contributed by atoms with Gasteiger partial charge in [-0.15, -0.1) is 0 Å². The number of likely N-dealkylation sites (tertiary alicyclic amines) is 1. The maximum atomic E-state index is 12.8. The molecule has 1 aliphatic rings. The van der Waals surface area contributed by atoms with Crippen molar-refractivity contribution in [3.63, 3.8) is 0 Å². The van der Waals surface area contributed by atoms with Crippen LogP contribution in [0.4, 0.5) is 5.69 Å². The Morgan fingerprint density at radius 3 is 2.36 bits per heavy atom. The molecule has 0 atom stereocenters. The second kappa shape index (κ2) is 9.74. The summed E-state index contributed by atoms with van der Waals surface area (Å²) in [6.07, 6.45) is 4.25. The van der Waals surface area contributed by atoms with Crippen LogP contribution in [-0.4, -0.2) is 37.0 Å². The van der Waals surface area contributed by atoms with Crippen LogP contribution in [0.3, 0.4) is 0 Å². The zero-order valence-corrected chi connectivity index (χ0v) is 17.3. The van der Waals surface area contributed by atoms with E-state index in [1.165, 1.54) is 12.8 Å². The van der Waals surface area contributed by atoms with Crippen molar-refractivity contribution in [2.45, 2.75) is 45.6 Å². The monoisotopic (exact) mass is 380 g/mol. The number of hydrogen-bond donors (Lipinski definition) is 1. The van der Waals surface area contributed by atoms with Gasteiger partial charge in [-0.3, -0.25) is 4.79 Å². The lowest BCUT2D eigenvalue weighted by Gasteiger charge is -2.36. The van der Waals surface area contributed by atoms with Gasteiger partial charge in [0.25, 0.3) is 0 Å². The van der Waals surface area contributed by atoms with E-state index in [2.05, 4.69) is 36.2 Å². The van der Waals surface area contributed by atoms with Gasteiger partial charge in [-0.1, -0.05) is 38.1 Å². The Balaban J connectivity index is 1.62. The second-order valence-corrected chi connectivity index (χ2v) is 7.58. The smallest absolute Gasteiger partial charge is 0.227 e. The van der Waals surface area contributed by atoms with E-state index in [4.69, 9.17) is 4.74 Å². The third kappa shape index (κ3) is 4.93. The van der Waals surface area contributed by atoms with Crippen LogP contribution in [0.15, 0.2) is 48.5 Å². The number of hydrogen-bond acceptors (Lipinski definition) is 3. The Labute approximate surface area is 168 Å². The summed E-state index contributed by atoms with van der Waals surface area (Å²) in [5, 5.41) is 3.13. The molecule has 4 nitrogen and oxygen atoms in total. The summed E-state index contributed by atoms with van der Waals surface area (Å²) in [6.45, 7) is 6.55. The summed E-state index contributed by atoms with van der Waals surface area (Å²) >= 11 is 0. The number of nitrogens with one attached hydrogen (secondary N) is 1. The van der Waals surface area contributed by atoms with Crippen LogP contribution in [0.5, 0.6) is 5.75 Å². The molecule has 1 heterocycles. The Kier molecular flexibility index (Phi) is 7.10. The summed E-state index contributed by atoms with van der Waals surface area (Å²) in [5.41, 5.74) is 3.00. The maximum Gasteiger partial charge on any atom is 0.227 e. The molecule has 0 aliphatic carbocycles. The van der Waals surface area contributed by atoms with E-state index < -0.39 is 0 Å². The molecular weight excluding hydrogens is 348 g/mol. The van der Waals surface area contributed by atoms with E-state index in [1.807, 2.05) is 36.4 Å². The summed E-state index contributed by atoms with van der Waals surface area (Å²) in [4.78, 5) is 15.3. The minimum Gasteiger partial charge on any atom is -0.497 e. The number of anilines is 1. The molecule has 1 fully saturated rings. The molecule has 0 bridgehead atoms. The fourth-order valence-electron chi connectivity index (χ4n) is 4.16. The predicted octanol–water partition coefficient (Wildman–Crippen LogP) is 5.20. The van der Waals surface area contributed by atoms with Crippen LogP contribution < -0.4 is 10.1 Å². The van der Waals surface area contributed by atoms with Gasteiger partial charge in [0.1, 0.15) is 5.75 Å². The number of piperidine rings is 1. The van der Waals surface area contributed by atoms with Crippen molar-refractivity contribution >= 4 is 11.6 Å². The Hall–Kier alpha value is -2.33. The van der Waals surface area contributed by atoms with Crippen LogP contribution in [0.25, 0.3) is 11.1 Å². The topological polar surface area (TPSA) is 41.6 Å². The van der Waals surface area contributed by atoms with Crippen molar-refractivity contribution in [1.82, 2.24) is 4.90 Å². The lowest BCUT2D eigenvalue weighted by molar-refractivity contribution is -0.121. The SMILES string of the molecule is CCC(CC)N1CCC(C(=O)Nc2cccc(-c3cccc(OC)c3)c2)CC1. The van der Waals surface area contributed by atoms with Gasteiger partial charge in [0.15, 0.2) is 0 Å². The fourth-order valence-corrected chi connectivity index (χ4v) is 4.16. The minimum absolute atomic E-state index is 0.103. The molecule has 0 unspecified atom stereocenters. The van der Waals surface area contributed by atoms with Crippen LogP contribution in [0.2, 0.25) is 0 Å². The van der Waals surface area contributed by atoms with Gasteiger partial charge in [0.05, 0.1) is 7.11 Å². The molecule has 1 amide bonds. The molecule has 3 rings (SSSR count). The van der Waals surface area contributed by atoms with Crippen molar-refractivity contribution in [2.24, 2.45) is 5.92 Å². The number of amides is 1. The van der Waals surface area contributed by atoms with E-state index in [1.54, 1.807) is 7.11 Å². The first-order chi connectivity index (χ1) is 13.6. The number of methoxy groups -OCH3 is 1. The van der Waals surface area contributed by atoms with Crippen molar-refractivity contribution in [3.8, 4) is 16.9 Å². The van der Waals surface area contributed by atoms with Crippen LogP contribution >= 0.6 is 0 Å². The summed E-state index contributed by atoms with van der Waals surface area (Å²) in [7, 11) is 1.67. The molecule has 0 saturated carbocycles. The molecule has 2 aromatic rings. The van der Waals surface area contributed by atoms with E-state index in [0.29, 0.717) is 6.04 Å². The molecule has 1 aliphatic heterocycles. The zero-order valence-electron chi connectivity index (χ0n) is 17.3. The van der Waals surface area contributed by atoms with Crippen molar-refractivity contribution in [3.05, 3.63) is 48.5 Å². The van der Waals surface area contributed by atoms with Gasteiger partial charge < -0.3 is 15.0 Å². The first kappa shape index (κ1) is 20.4. The number of carbonyl (C=O) groups excluding carboxylic acids is 1. The molecule has 0 radical (unpaired) electrons. The molecule has 2 aromatic carbocycles. The lowest BCUT2D eigenvalue weighted by Crippen LogP contribution is -2.43. The minimum atomic E-state index is 0.103. The first-order valence-corrected chi connectivity index (χ1v) is 10.4. The normalized spacial score (nSPS) is 15.6. The number of benzene rings is 2. The zero-order chi connectivity index (χ0) is 19.9. The highest BCUT2D eigenvalue weighted by molar-refractivity contribution is 5.93. The largest absolute Gasteiger partial charge is 0.497 e. The third-order valence-corrected chi connectivity index (χ3v) is 5.89. The van der Waals surface area contributed by atoms with Gasteiger partial charge >= 0.3 is 0 Å². The second-order valence-electron chi connectivity index (χ2n) is 7.58. The highest BCUT2D eigenvalue weighted by Gasteiger charge is 2.27. The fraction of sp³-hybridized carbons (Fsp3) is 0.458. The van der Waals surface area contributed by atoms with Crippen LogP contribution in [0, 0.1) is 5.92 Å². The van der Waals surface area contributed by atoms with Gasteiger partial charge in [0.2, 0.25) is 5.91 Å². The van der Waals surface area contributed by atoms with E-state index in [-0.39, 0.29) is 11.8 Å². The van der Waals surface area contributed by atoms with Crippen molar-refractivity contribution in [2.75, 3.05) is 25.5 Å². The molecule has 0 spiro atoms. The molecule has 28 heavy (non-hydrogen) atoms. The molecule has 4 heteroatoms. The number of carbonyl (C=O) groups is 1. The number of nitrogens with zero attached hydrogens (tertiary/aromatic N) is 1. The van der Waals surface area contributed by atoms with Crippen LogP contribution in [0.1, 0.15) is 39.5 Å². The Morgan fingerprint density at radius 2 is 1.71 bits per heavy atom. The van der Waals surface area contributed by atoms with E-state index in [9.17, 15) is 4.79 Å². The third-order valence-electron chi connectivity index (χ3n) is 5.89. The standard InChI is InChI=1S/C24H32N2O2/c1-4-22(5-2)26-14-12-18(13-15-26)24(27)25-21-10-6-8-19(16-21)20-9-7-11-23(17-20)28-3/h6-11,16-18,22H,4-5,12-15H2,1-3H3,(H,25,27). The van der Waals surface area contributed by atoms with Crippen LogP contribution in [-0.2, 0) is 4.79 Å². The molecular formula is C24H32N2O2. The highest BCUT2D eigenvalue weighted by Crippen LogP contribution is 2.27. The molecule has 1 saturated heterocycles. The molecule has 0 aromatic heterocycles. The average Bonchev–Trinajstić information content (AvgIpc) is 2.75. The van der Waals surface area contributed by atoms with Gasteiger partial charge in [0, 0.05) is 17.6 Å². The van der Waals surface area contributed by atoms with Gasteiger partial charge in [-0.25, -0.2) is 0 Å². The lowest BCUT2D eigenvalue weighted by atomic mass is 9.94. The summed E-state index contributed by atoms with van der Waals surface area (Å²) in [6, 6.07) is 16.7. The molecule has 1 N–H and O–H groups in total. The maximum absolute atomic E-state index is 12.8. The number of ether oxygens (including phenoxy) is 1. The molecule has 150 valence electrons. The quantitative estimate of drug-likeness (QED) is 0.718. The van der Waals surface area contributed by atoms with Gasteiger partial charge in [-0.05, 0) is 74.2 Å². The average molecular weight is 381 g/mol.